The van der Waals surface area contributed by atoms with Crippen molar-refractivity contribution in [2.45, 2.75) is 25.0 Å². The first kappa shape index (κ1) is 19.1. The quantitative estimate of drug-likeness (QED) is 0.807. The first-order valence-electron chi connectivity index (χ1n) is 8.64. The van der Waals surface area contributed by atoms with Gasteiger partial charge in [0.1, 0.15) is 0 Å². The number of carbonyl (C=O) groups is 1. The third kappa shape index (κ3) is 4.03. The van der Waals surface area contributed by atoms with E-state index in [-0.39, 0.29) is 17.4 Å². The number of primary amides is 1. The highest BCUT2D eigenvalue weighted by Crippen LogP contribution is 2.36. The molecule has 144 valence electrons. The molecule has 1 aliphatic heterocycles. The van der Waals surface area contributed by atoms with Crippen molar-refractivity contribution in [3.63, 3.8) is 0 Å². The third-order valence-corrected chi connectivity index (χ3v) is 5.00. The molecule has 0 bridgehead atoms. The highest BCUT2D eigenvalue weighted by atomic mass is 19.3. The molecule has 0 aliphatic carbocycles. The van der Waals surface area contributed by atoms with E-state index in [1.54, 1.807) is 12.1 Å². The molecule has 0 radical (unpaired) electrons. The molecule has 1 atom stereocenters. The lowest BCUT2D eigenvalue weighted by Crippen LogP contribution is -2.43. The number of likely N-dealkylation sites (tertiary alicyclic amines) is 1. The Bertz CT molecular complexity index is 801. The molecule has 1 unspecified atom stereocenters. The lowest BCUT2D eigenvalue weighted by molar-refractivity contribution is -0.123. The molecule has 3 rings (SSSR count). The van der Waals surface area contributed by atoms with Gasteiger partial charge in [-0.15, -0.1) is 0 Å². The van der Waals surface area contributed by atoms with E-state index < -0.39 is 12.0 Å². The highest BCUT2D eigenvalue weighted by Gasteiger charge is 2.44. The standard InChI is InChI=1S/C20H22F2N2O3/c1-26-17-11-14(7-8-16(17)27-19(21)22)12-24-10-9-20(13-24,18(23)25)15-5-3-2-4-6-15/h2-8,11,19H,9-10,12-13H2,1H3,(H2,23,25). The van der Waals surface area contributed by atoms with Crippen LogP contribution in [-0.2, 0) is 16.8 Å². The summed E-state index contributed by atoms with van der Waals surface area (Å²) in [6.45, 7) is -1.16. The summed E-state index contributed by atoms with van der Waals surface area (Å²) in [5, 5.41) is 0. The molecule has 2 aromatic carbocycles. The van der Waals surface area contributed by atoms with E-state index in [0.29, 0.717) is 26.1 Å². The lowest BCUT2D eigenvalue weighted by atomic mass is 9.79. The summed E-state index contributed by atoms with van der Waals surface area (Å²) < 4.78 is 34.5. The van der Waals surface area contributed by atoms with Gasteiger partial charge in [-0.05, 0) is 36.2 Å². The van der Waals surface area contributed by atoms with Gasteiger partial charge in [0.15, 0.2) is 11.5 Å². The van der Waals surface area contributed by atoms with E-state index in [1.165, 1.54) is 13.2 Å². The molecule has 1 heterocycles. The number of carbonyl (C=O) groups excluding carboxylic acids is 1. The van der Waals surface area contributed by atoms with Gasteiger partial charge in [0, 0.05) is 13.1 Å². The molecule has 1 fully saturated rings. The number of hydrogen-bond donors (Lipinski definition) is 1. The summed E-state index contributed by atoms with van der Waals surface area (Å²) in [6.07, 6.45) is 0.635. The predicted octanol–water partition coefficient (Wildman–Crippen LogP) is 2.93. The zero-order valence-electron chi connectivity index (χ0n) is 15.0. The Hall–Kier alpha value is -2.67. The second-order valence-corrected chi connectivity index (χ2v) is 6.64. The minimum Gasteiger partial charge on any atom is -0.493 e. The zero-order valence-corrected chi connectivity index (χ0v) is 15.0. The van der Waals surface area contributed by atoms with Crippen molar-refractivity contribution in [3.8, 4) is 11.5 Å². The number of rotatable bonds is 7. The normalized spacial score (nSPS) is 20.0. The molecule has 0 saturated carbocycles. The van der Waals surface area contributed by atoms with E-state index >= 15 is 0 Å². The Morgan fingerprint density at radius 3 is 2.59 bits per heavy atom. The summed E-state index contributed by atoms with van der Waals surface area (Å²) in [6, 6.07) is 14.4. The van der Waals surface area contributed by atoms with Crippen molar-refractivity contribution in [1.29, 1.82) is 0 Å². The maximum Gasteiger partial charge on any atom is 0.387 e. The van der Waals surface area contributed by atoms with Crippen LogP contribution in [0.1, 0.15) is 17.5 Å². The number of benzene rings is 2. The third-order valence-electron chi connectivity index (χ3n) is 5.00. The molecule has 1 saturated heterocycles. The topological polar surface area (TPSA) is 64.8 Å². The number of alkyl halides is 2. The Balaban J connectivity index is 1.77. The van der Waals surface area contributed by atoms with Crippen LogP contribution in [0.4, 0.5) is 8.78 Å². The number of nitrogens with zero attached hydrogens (tertiary/aromatic N) is 1. The number of ether oxygens (including phenoxy) is 2. The summed E-state index contributed by atoms with van der Waals surface area (Å²) in [5.41, 5.74) is 6.83. The van der Waals surface area contributed by atoms with Gasteiger partial charge in [0.2, 0.25) is 5.91 Å². The van der Waals surface area contributed by atoms with Gasteiger partial charge >= 0.3 is 6.61 Å². The molecule has 2 aromatic rings. The number of methoxy groups -OCH3 is 1. The molecular weight excluding hydrogens is 354 g/mol. The molecule has 1 aliphatic rings. The largest absolute Gasteiger partial charge is 0.493 e. The number of hydrogen-bond acceptors (Lipinski definition) is 4. The smallest absolute Gasteiger partial charge is 0.387 e. The molecule has 2 N–H and O–H groups in total. The fourth-order valence-corrected chi connectivity index (χ4v) is 3.62. The molecule has 1 amide bonds. The van der Waals surface area contributed by atoms with Crippen molar-refractivity contribution in [1.82, 2.24) is 4.90 Å². The lowest BCUT2D eigenvalue weighted by Gasteiger charge is -2.26. The Labute approximate surface area is 156 Å². The van der Waals surface area contributed by atoms with Crippen LogP contribution < -0.4 is 15.2 Å². The SMILES string of the molecule is COc1cc(CN2CCC(C(N)=O)(c3ccccc3)C2)ccc1OC(F)F. The van der Waals surface area contributed by atoms with Crippen LogP contribution in [0.15, 0.2) is 48.5 Å². The van der Waals surface area contributed by atoms with Gasteiger partial charge in [0.25, 0.3) is 0 Å². The van der Waals surface area contributed by atoms with E-state index in [1.807, 2.05) is 30.3 Å². The van der Waals surface area contributed by atoms with Gasteiger partial charge < -0.3 is 15.2 Å². The van der Waals surface area contributed by atoms with Crippen LogP contribution in [0.25, 0.3) is 0 Å². The first-order valence-corrected chi connectivity index (χ1v) is 8.64. The maximum atomic E-state index is 12.5. The highest BCUT2D eigenvalue weighted by molar-refractivity contribution is 5.87. The van der Waals surface area contributed by atoms with Crippen LogP contribution in [0.5, 0.6) is 11.5 Å². The Kier molecular flexibility index (Phi) is 5.60. The van der Waals surface area contributed by atoms with Crippen LogP contribution in [-0.4, -0.2) is 37.6 Å². The fourth-order valence-electron chi connectivity index (χ4n) is 3.62. The number of halogens is 2. The van der Waals surface area contributed by atoms with Crippen molar-refractivity contribution in [2.24, 2.45) is 5.73 Å². The van der Waals surface area contributed by atoms with Gasteiger partial charge in [-0.2, -0.15) is 8.78 Å². The van der Waals surface area contributed by atoms with Crippen LogP contribution in [0.2, 0.25) is 0 Å². The summed E-state index contributed by atoms with van der Waals surface area (Å²) in [7, 11) is 1.40. The van der Waals surface area contributed by atoms with Crippen LogP contribution in [0.3, 0.4) is 0 Å². The average Bonchev–Trinajstić information content (AvgIpc) is 3.08. The molecule has 0 spiro atoms. The number of amides is 1. The maximum absolute atomic E-state index is 12.5. The molecule has 5 nitrogen and oxygen atoms in total. The van der Waals surface area contributed by atoms with Crippen LogP contribution >= 0.6 is 0 Å². The monoisotopic (exact) mass is 376 g/mol. The summed E-state index contributed by atoms with van der Waals surface area (Å²) >= 11 is 0. The van der Waals surface area contributed by atoms with E-state index in [0.717, 1.165) is 11.1 Å². The minimum absolute atomic E-state index is 0.00607. The van der Waals surface area contributed by atoms with Gasteiger partial charge in [0.05, 0.1) is 12.5 Å². The molecule has 27 heavy (non-hydrogen) atoms. The number of nitrogens with two attached hydrogens (primary N) is 1. The van der Waals surface area contributed by atoms with Gasteiger partial charge in [-0.25, -0.2) is 0 Å². The van der Waals surface area contributed by atoms with Crippen molar-refractivity contribution in [3.05, 3.63) is 59.7 Å². The van der Waals surface area contributed by atoms with Crippen LogP contribution in [0, 0.1) is 0 Å². The Morgan fingerprint density at radius 1 is 1.22 bits per heavy atom. The van der Waals surface area contributed by atoms with Gasteiger partial charge in [-0.3, -0.25) is 9.69 Å². The predicted molar refractivity (Wildman–Crippen MR) is 96.8 cm³/mol. The van der Waals surface area contributed by atoms with Crippen molar-refractivity contribution < 1.29 is 23.0 Å². The first-order chi connectivity index (χ1) is 12.9. The summed E-state index contributed by atoms with van der Waals surface area (Å²) in [4.78, 5) is 14.4. The molecule has 7 heteroatoms. The van der Waals surface area contributed by atoms with Gasteiger partial charge in [-0.1, -0.05) is 36.4 Å². The Morgan fingerprint density at radius 2 is 1.96 bits per heavy atom. The second kappa shape index (κ2) is 7.92. The molecular formula is C20H22F2N2O3. The fraction of sp³-hybridized carbons (Fsp3) is 0.350. The average molecular weight is 376 g/mol. The van der Waals surface area contributed by atoms with E-state index in [4.69, 9.17) is 10.5 Å². The second-order valence-electron chi connectivity index (χ2n) is 6.64. The van der Waals surface area contributed by atoms with Crippen molar-refractivity contribution >= 4 is 5.91 Å². The van der Waals surface area contributed by atoms with E-state index in [2.05, 4.69) is 9.64 Å². The zero-order chi connectivity index (χ0) is 19.4. The molecule has 0 aromatic heterocycles. The minimum atomic E-state index is -2.91. The summed E-state index contributed by atoms with van der Waals surface area (Å²) in [5.74, 6) is -0.0980. The van der Waals surface area contributed by atoms with Crippen molar-refractivity contribution in [2.75, 3.05) is 20.2 Å². The van der Waals surface area contributed by atoms with E-state index in [9.17, 15) is 13.6 Å².